The van der Waals surface area contributed by atoms with Crippen LogP contribution in [0.15, 0.2) is 0 Å². The first-order valence-electron chi connectivity index (χ1n) is 10.4. The lowest BCUT2D eigenvalue weighted by Gasteiger charge is -2.28. The topological polar surface area (TPSA) is 53.7 Å². The van der Waals surface area contributed by atoms with Crippen molar-refractivity contribution in [2.45, 2.75) is 97.4 Å². The Bertz CT molecular complexity index is 238. The molecule has 0 aromatic carbocycles. The summed E-state index contributed by atoms with van der Waals surface area (Å²) in [5.74, 6) is 0. The van der Waals surface area contributed by atoms with E-state index in [9.17, 15) is 0 Å². The van der Waals surface area contributed by atoms with Gasteiger partial charge in [-0.25, -0.2) is 0 Å². The molecule has 0 atom stereocenters. The standard InChI is InChI=1S/C19H43NO3Si/c1-4-21-24(22-5-2,23-6-3)19-17-15-13-11-9-7-8-10-12-14-16-18-20/h4-20H2,1-3H3. The predicted molar refractivity (Wildman–Crippen MR) is 105 cm³/mol. The minimum absolute atomic E-state index is 0.678. The fraction of sp³-hybridized carbons (Fsp3) is 1.00. The summed E-state index contributed by atoms with van der Waals surface area (Å²) >= 11 is 0. The lowest BCUT2D eigenvalue weighted by molar-refractivity contribution is 0.0706. The minimum atomic E-state index is -2.40. The van der Waals surface area contributed by atoms with Crippen LogP contribution in [0, 0.1) is 0 Å². The summed E-state index contributed by atoms with van der Waals surface area (Å²) in [5, 5.41) is 0. The maximum absolute atomic E-state index is 5.90. The summed E-state index contributed by atoms with van der Waals surface area (Å²) in [5.41, 5.74) is 5.51. The normalized spacial score (nSPS) is 12.0. The summed E-state index contributed by atoms with van der Waals surface area (Å²) in [6, 6.07) is 0.962. The Morgan fingerprint density at radius 3 is 1.21 bits per heavy atom. The molecule has 0 rings (SSSR count). The molecule has 0 amide bonds. The van der Waals surface area contributed by atoms with Gasteiger partial charge in [-0.2, -0.15) is 0 Å². The van der Waals surface area contributed by atoms with Crippen molar-refractivity contribution in [3.05, 3.63) is 0 Å². The van der Waals surface area contributed by atoms with E-state index < -0.39 is 8.80 Å². The molecule has 5 heteroatoms. The Labute approximate surface area is 152 Å². The van der Waals surface area contributed by atoms with Crippen LogP contribution in [0.25, 0.3) is 0 Å². The van der Waals surface area contributed by atoms with Crippen LogP contribution in [-0.2, 0) is 13.3 Å². The average molecular weight is 362 g/mol. The smallest absolute Gasteiger partial charge is 0.374 e. The number of hydrogen-bond donors (Lipinski definition) is 1. The molecule has 0 spiro atoms. The number of nitrogens with two attached hydrogens (primary N) is 1. The number of rotatable bonds is 19. The highest BCUT2D eigenvalue weighted by Gasteiger charge is 2.39. The fourth-order valence-corrected chi connectivity index (χ4v) is 5.76. The summed E-state index contributed by atoms with van der Waals surface area (Å²) in [4.78, 5) is 0. The molecule has 0 heterocycles. The Balaban J connectivity index is 3.60. The molecule has 0 aliphatic carbocycles. The van der Waals surface area contributed by atoms with E-state index in [0.29, 0.717) is 19.8 Å². The Hall–Kier alpha value is 0.0569. The summed E-state index contributed by atoms with van der Waals surface area (Å²) < 4.78 is 17.7. The van der Waals surface area contributed by atoms with Crippen molar-refractivity contribution in [3.63, 3.8) is 0 Å². The third-order valence-electron chi connectivity index (χ3n) is 4.28. The lowest BCUT2D eigenvalue weighted by Crippen LogP contribution is -2.45. The van der Waals surface area contributed by atoms with Gasteiger partial charge in [0.2, 0.25) is 0 Å². The molecule has 0 aromatic rings. The summed E-state index contributed by atoms with van der Waals surface area (Å²) in [6.45, 7) is 8.95. The summed E-state index contributed by atoms with van der Waals surface area (Å²) in [6.07, 6.45) is 14.5. The van der Waals surface area contributed by atoms with Crippen LogP contribution in [-0.4, -0.2) is 35.2 Å². The van der Waals surface area contributed by atoms with Crippen LogP contribution in [0.4, 0.5) is 0 Å². The first-order valence-corrected chi connectivity index (χ1v) is 12.3. The second kappa shape index (κ2) is 17.9. The maximum atomic E-state index is 5.90. The van der Waals surface area contributed by atoms with Crippen LogP contribution in [0.2, 0.25) is 6.04 Å². The van der Waals surface area contributed by atoms with Gasteiger partial charge < -0.3 is 19.0 Å². The van der Waals surface area contributed by atoms with Gasteiger partial charge in [0.1, 0.15) is 0 Å². The van der Waals surface area contributed by atoms with Gasteiger partial charge in [-0.15, -0.1) is 0 Å². The first-order chi connectivity index (χ1) is 11.7. The van der Waals surface area contributed by atoms with Crippen molar-refractivity contribution in [1.29, 1.82) is 0 Å². The highest BCUT2D eigenvalue weighted by atomic mass is 28.4. The van der Waals surface area contributed by atoms with Crippen molar-refractivity contribution >= 4 is 8.80 Å². The molecular weight excluding hydrogens is 318 g/mol. The van der Waals surface area contributed by atoms with E-state index in [0.717, 1.165) is 19.0 Å². The molecule has 0 aliphatic rings. The molecular formula is C19H43NO3Si. The summed E-state index contributed by atoms with van der Waals surface area (Å²) in [7, 11) is -2.40. The van der Waals surface area contributed by atoms with Crippen LogP contribution in [0.1, 0.15) is 91.4 Å². The van der Waals surface area contributed by atoms with Gasteiger partial charge in [0.05, 0.1) is 0 Å². The molecule has 4 nitrogen and oxygen atoms in total. The van der Waals surface area contributed by atoms with Gasteiger partial charge in [0.25, 0.3) is 0 Å². The lowest BCUT2D eigenvalue weighted by atomic mass is 10.1. The monoisotopic (exact) mass is 361 g/mol. The fourth-order valence-electron chi connectivity index (χ4n) is 3.08. The SMILES string of the molecule is CCO[Si](CCCCCCCCCCCCCN)(OCC)OCC. The van der Waals surface area contributed by atoms with Gasteiger partial charge in [0, 0.05) is 25.9 Å². The van der Waals surface area contributed by atoms with E-state index in [1.54, 1.807) is 0 Å². The van der Waals surface area contributed by atoms with Gasteiger partial charge in [-0.3, -0.25) is 0 Å². The Morgan fingerprint density at radius 2 is 0.875 bits per heavy atom. The Morgan fingerprint density at radius 1 is 0.542 bits per heavy atom. The molecule has 0 radical (unpaired) electrons. The molecule has 0 fully saturated rings. The van der Waals surface area contributed by atoms with Crippen LogP contribution >= 0.6 is 0 Å². The predicted octanol–water partition coefficient (Wildman–Crippen LogP) is 5.28. The van der Waals surface area contributed by atoms with E-state index in [1.165, 1.54) is 64.2 Å². The minimum Gasteiger partial charge on any atom is -0.374 e. The van der Waals surface area contributed by atoms with Crippen molar-refractivity contribution in [2.75, 3.05) is 26.4 Å². The third-order valence-corrected chi connectivity index (χ3v) is 7.43. The molecule has 0 saturated heterocycles. The van der Waals surface area contributed by atoms with Gasteiger partial charge in [-0.05, 0) is 40.2 Å². The zero-order valence-electron chi connectivity index (χ0n) is 16.6. The molecule has 0 saturated carbocycles. The third kappa shape index (κ3) is 13.4. The maximum Gasteiger partial charge on any atom is 0.500 e. The molecule has 0 aliphatic heterocycles. The van der Waals surface area contributed by atoms with E-state index >= 15 is 0 Å². The van der Waals surface area contributed by atoms with E-state index in [-0.39, 0.29) is 0 Å². The van der Waals surface area contributed by atoms with Crippen molar-refractivity contribution in [1.82, 2.24) is 0 Å². The number of hydrogen-bond acceptors (Lipinski definition) is 4. The quantitative estimate of drug-likeness (QED) is 0.251. The van der Waals surface area contributed by atoms with Crippen LogP contribution in [0.5, 0.6) is 0 Å². The highest BCUT2D eigenvalue weighted by Crippen LogP contribution is 2.21. The van der Waals surface area contributed by atoms with Gasteiger partial charge in [-0.1, -0.05) is 57.8 Å². The van der Waals surface area contributed by atoms with Crippen molar-refractivity contribution < 1.29 is 13.3 Å². The second-order valence-electron chi connectivity index (χ2n) is 6.41. The Kier molecular flexibility index (Phi) is 17.9. The molecule has 2 N–H and O–H groups in total. The largest absolute Gasteiger partial charge is 0.500 e. The number of unbranched alkanes of at least 4 members (excludes halogenated alkanes) is 10. The van der Waals surface area contributed by atoms with Crippen molar-refractivity contribution in [2.24, 2.45) is 5.73 Å². The molecule has 0 bridgehead atoms. The second-order valence-corrected chi connectivity index (χ2v) is 9.14. The van der Waals surface area contributed by atoms with Gasteiger partial charge in [0.15, 0.2) is 0 Å². The van der Waals surface area contributed by atoms with Crippen LogP contribution in [0.3, 0.4) is 0 Å². The first kappa shape index (κ1) is 24.1. The molecule has 0 unspecified atom stereocenters. The van der Waals surface area contributed by atoms with Crippen LogP contribution < -0.4 is 5.73 Å². The highest BCUT2D eigenvalue weighted by molar-refractivity contribution is 6.60. The van der Waals surface area contributed by atoms with Crippen molar-refractivity contribution in [3.8, 4) is 0 Å². The molecule has 24 heavy (non-hydrogen) atoms. The zero-order chi connectivity index (χ0) is 17.9. The zero-order valence-corrected chi connectivity index (χ0v) is 17.6. The molecule has 0 aromatic heterocycles. The molecule has 146 valence electrons. The van der Waals surface area contributed by atoms with Gasteiger partial charge >= 0.3 is 8.80 Å². The van der Waals surface area contributed by atoms with E-state index in [4.69, 9.17) is 19.0 Å². The average Bonchev–Trinajstić information content (AvgIpc) is 2.56. The van der Waals surface area contributed by atoms with E-state index in [2.05, 4.69) is 0 Å². The van der Waals surface area contributed by atoms with E-state index in [1.807, 2.05) is 20.8 Å².